The molecule has 4 atom stereocenters. The van der Waals surface area contributed by atoms with E-state index in [2.05, 4.69) is 19.2 Å². The van der Waals surface area contributed by atoms with Gasteiger partial charge in [0.05, 0.1) is 0 Å². The van der Waals surface area contributed by atoms with Gasteiger partial charge in [-0.1, -0.05) is 26.7 Å². The number of furan rings is 1. The van der Waals surface area contributed by atoms with Crippen molar-refractivity contribution < 1.29 is 18.7 Å². The average Bonchev–Trinajstić information content (AvgIpc) is 3.32. The molecule has 0 aliphatic heterocycles. The van der Waals surface area contributed by atoms with Gasteiger partial charge in [0.25, 0.3) is 5.91 Å². The topological polar surface area (TPSA) is 97.3 Å². The van der Waals surface area contributed by atoms with Gasteiger partial charge in [0, 0.05) is 18.4 Å². The maximum Gasteiger partial charge on any atom is 0.343 e. The number of nitrogens with one attached hydrogen (secondary N) is 1. The SMILES string of the molecule is Cc1oc(-n2cccc2)c(C#N)c1C(=O)O[C@H](C)C(=O)N[C@@H]1CCC[C@H](C)[C@@H]1C. The Morgan fingerprint density at radius 2 is 2.00 bits per heavy atom. The van der Waals surface area contributed by atoms with E-state index in [-0.39, 0.29) is 34.7 Å². The van der Waals surface area contributed by atoms with Gasteiger partial charge in [-0.25, -0.2) is 4.79 Å². The van der Waals surface area contributed by atoms with Crippen molar-refractivity contribution >= 4 is 11.9 Å². The number of carbonyl (C=O) groups is 2. The van der Waals surface area contributed by atoms with E-state index < -0.39 is 12.1 Å². The van der Waals surface area contributed by atoms with Crippen molar-refractivity contribution in [2.75, 3.05) is 0 Å². The molecule has 1 aliphatic rings. The van der Waals surface area contributed by atoms with E-state index in [4.69, 9.17) is 9.15 Å². The molecule has 2 aromatic rings. The Bertz CT molecular complexity index is 923. The molecule has 7 heteroatoms. The van der Waals surface area contributed by atoms with Crippen molar-refractivity contribution in [3.63, 3.8) is 0 Å². The van der Waals surface area contributed by atoms with Crippen LogP contribution in [0.25, 0.3) is 5.88 Å². The summed E-state index contributed by atoms with van der Waals surface area (Å²) in [6.07, 6.45) is 5.64. The molecule has 1 fully saturated rings. The molecule has 2 aromatic heterocycles. The molecule has 3 rings (SSSR count). The number of rotatable bonds is 5. The van der Waals surface area contributed by atoms with Gasteiger partial charge < -0.3 is 14.5 Å². The third-order valence-corrected chi connectivity index (χ3v) is 5.91. The van der Waals surface area contributed by atoms with Crippen molar-refractivity contribution in [1.82, 2.24) is 9.88 Å². The zero-order chi connectivity index (χ0) is 21.1. The molecule has 1 N–H and O–H groups in total. The first-order valence-corrected chi connectivity index (χ1v) is 10.0. The molecule has 0 spiro atoms. The van der Waals surface area contributed by atoms with Gasteiger partial charge in [-0.05, 0) is 44.2 Å². The molecule has 0 saturated heterocycles. The van der Waals surface area contributed by atoms with Crippen LogP contribution in [0, 0.1) is 30.1 Å². The van der Waals surface area contributed by atoms with Gasteiger partial charge in [-0.15, -0.1) is 0 Å². The molecule has 2 heterocycles. The predicted octanol–water partition coefficient (Wildman–Crippen LogP) is 3.74. The van der Waals surface area contributed by atoms with Gasteiger partial charge in [-0.3, -0.25) is 9.36 Å². The highest BCUT2D eigenvalue weighted by molar-refractivity contribution is 5.96. The van der Waals surface area contributed by atoms with Crippen LogP contribution in [0.3, 0.4) is 0 Å². The molecule has 154 valence electrons. The Morgan fingerprint density at radius 3 is 2.66 bits per heavy atom. The number of amides is 1. The summed E-state index contributed by atoms with van der Waals surface area (Å²) >= 11 is 0. The fraction of sp³-hybridized carbons (Fsp3) is 0.500. The van der Waals surface area contributed by atoms with Crippen LogP contribution in [-0.4, -0.2) is 28.6 Å². The second-order valence-corrected chi connectivity index (χ2v) is 7.85. The molecule has 1 aliphatic carbocycles. The lowest BCUT2D eigenvalue weighted by Gasteiger charge is -2.35. The summed E-state index contributed by atoms with van der Waals surface area (Å²) in [5, 5.41) is 12.6. The van der Waals surface area contributed by atoms with Crippen LogP contribution in [0.2, 0.25) is 0 Å². The first-order valence-electron chi connectivity index (χ1n) is 10.0. The average molecular weight is 397 g/mol. The van der Waals surface area contributed by atoms with Crippen LogP contribution in [0.1, 0.15) is 61.7 Å². The molecule has 0 unspecified atom stereocenters. The fourth-order valence-corrected chi connectivity index (χ4v) is 3.89. The quantitative estimate of drug-likeness (QED) is 0.775. The zero-order valence-corrected chi connectivity index (χ0v) is 17.3. The van der Waals surface area contributed by atoms with E-state index in [1.165, 1.54) is 6.42 Å². The maximum absolute atomic E-state index is 12.7. The zero-order valence-electron chi connectivity index (χ0n) is 17.3. The monoisotopic (exact) mass is 397 g/mol. The van der Waals surface area contributed by atoms with Crippen molar-refractivity contribution in [2.24, 2.45) is 11.8 Å². The molecular weight excluding hydrogens is 370 g/mol. The summed E-state index contributed by atoms with van der Waals surface area (Å²) < 4.78 is 12.6. The standard InChI is InChI=1S/C22H27N3O4/c1-13-8-7-9-18(14(13)2)24-20(26)16(4)29-22(27)19-15(3)28-21(17(19)12-23)25-10-5-6-11-25/h5-6,10-11,13-14,16,18H,7-9H2,1-4H3,(H,24,26)/t13-,14-,16+,18+/m0/s1. The van der Waals surface area contributed by atoms with Gasteiger partial charge in [0.1, 0.15) is 23.0 Å². The Hall–Kier alpha value is -3.01. The second kappa shape index (κ2) is 8.56. The lowest BCUT2D eigenvalue weighted by atomic mass is 9.78. The van der Waals surface area contributed by atoms with Crippen LogP contribution in [-0.2, 0) is 9.53 Å². The maximum atomic E-state index is 12.7. The summed E-state index contributed by atoms with van der Waals surface area (Å²) in [6.45, 7) is 7.47. The normalized spacial score (nSPS) is 22.5. The summed E-state index contributed by atoms with van der Waals surface area (Å²) in [4.78, 5) is 25.3. The third-order valence-electron chi connectivity index (χ3n) is 5.91. The molecule has 0 bridgehead atoms. The predicted molar refractivity (Wildman–Crippen MR) is 106 cm³/mol. The molecule has 29 heavy (non-hydrogen) atoms. The molecule has 0 radical (unpaired) electrons. The minimum Gasteiger partial charge on any atom is -0.449 e. The van der Waals surface area contributed by atoms with Crippen molar-refractivity contribution in [3.8, 4) is 12.0 Å². The summed E-state index contributed by atoms with van der Waals surface area (Å²) in [6, 6.07) is 5.68. The Morgan fingerprint density at radius 1 is 1.31 bits per heavy atom. The summed E-state index contributed by atoms with van der Waals surface area (Å²) in [7, 11) is 0. The highest BCUT2D eigenvalue weighted by atomic mass is 16.5. The lowest BCUT2D eigenvalue weighted by Crippen LogP contribution is -2.47. The highest BCUT2D eigenvalue weighted by Crippen LogP contribution is 2.30. The Balaban J connectivity index is 1.71. The van der Waals surface area contributed by atoms with E-state index >= 15 is 0 Å². The van der Waals surface area contributed by atoms with E-state index in [9.17, 15) is 14.9 Å². The molecule has 1 saturated carbocycles. The van der Waals surface area contributed by atoms with Crippen LogP contribution in [0.5, 0.6) is 0 Å². The van der Waals surface area contributed by atoms with Gasteiger partial charge in [0.15, 0.2) is 6.10 Å². The number of aromatic nitrogens is 1. The Labute approximate surface area is 170 Å². The van der Waals surface area contributed by atoms with Crippen LogP contribution in [0.15, 0.2) is 28.9 Å². The van der Waals surface area contributed by atoms with E-state index in [1.54, 1.807) is 42.9 Å². The van der Waals surface area contributed by atoms with Gasteiger partial charge in [-0.2, -0.15) is 5.26 Å². The van der Waals surface area contributed by atoms with Gasteiger partial charge in [0.2, 0.25) is 5.88 Å². The number of hydrogen-bond acceptors (Lipinski definition) is 5. The fourth-order valence-electron chi connectivity index (χ4n) is 3.89. The summed E-state index contributed by atoms with van der Waals surface area (Å²) in [5.41, 5.74) is 0.140. The van der Waals surface area contributed by atoms with E-state index in [0.29, 0.717) is 11.8 Å². The number of hydrogen-bond donors (Lipinski definition) is 1. The number of nitriles is 1. The minimum absolute atomic E-state index is 0.0514. The number of esters is 1. The largest absolute Gasteiger partial charge is 0.449 e. The third kappa shape index (κ3) is 4.21. The van der Waals surface area contributed by atoms with E-state index in [0.717, 1.165) is 12.8 Å². The molecule has 0 aromatic carbocycles. The van der Waals surface area contributed by atoms with Crippen molar-refractivity contribution in [2.45, 2.75) is 59.1 Å². The summed E-state index contributed by atoms with van der Waals surface area (Å²) in [5.74, 6) is 0.386. The van der Waals surface area contributed by atoms with Crippen molar-refractivity contribution in [1.29, 1.82) is 5.26 Å². The van der Waals surface area contributed by atoms with Crippen LogP contribution >= 0.6 is 0 Å². The number of aryl methyl sites for hydroxylation is 1. The molecular formula is C22H27N3O4. The first-order chi connectivity index (χ1) is 13.8. The van der Waals surface area contributed by atoms with Crippen LogP contribution in [0.4, 0.5) is 0 Å². The Kier molecular flexibility index (Phi) is 6.12. The number of carbonyl (C=O) groups excluding carboxylic acids is 2. The van der Waals surface area contributed by atoms with Crippen LogP contribution < -0.4 is 5.32 Å². The second-order valence-electron chi connectivity index (χ2n) is 7.85. The van der Waals surface area contributed by atoms with Crippen molar-refractivity contribution in [3.05, 3.63) is 41.4 Å². The van der Waals surface area contributed by atoms with Gasteiger partial charge >= 0.3 is 5.97 Å². The highest BCUT2D eigenvalue weighted by Gasteiger charge is 2.32. The lowest BCUT2D eigenvalue weighted by molar-refractivity contribution is -0.130. The first kappa shape index (κ1) is 20.7. The number of nitrogens with zero attached hydrogens (tertiary/aromatic N) is 2. The molecule has 7 nitrogen and oxygen atoms in total. The number of ether oxygens (including phenoxy) is 1. The van der Waals surface area contributed by atoms with E-state index in [1.807, 2.05) is 6.07 Å². The smallest absolute Gasteiger partial charge is 0.343 e. The molecule has 1 amide bonds. The minimum atomic E-state index is -0.970.